The maximum absolute atomic E-state index is 13.4. The van der Waals surface area contributed by atoms with Crippen LogP contribution < -0.4 is 16.4 Å². The van der Waals surface area contributed by atoms with Crippen LogP contribution in [-0.4, -0.2) is 41.3 Å². The van der Waals surface area contributed by atoms with Crippen LogP contribution in [0.4, 0.5) is 28.9 Å². The number of carbonyl (C=O) groups is 3. The lowest BCUT2D eigenvalue weighted by Crippen LogP contribution is -2.45. The molecule has 4 N–H and O–H groups in total. The highest BCUT2D eigenvalue weighted by atomic mass is 19.3. The molecule has 0 bridgehead atoms. The van der Waals surface area contributed by atoms with Gasteiger partial charge in [0.05, 0.1) is 16.9 Å². The zero-order valence-electron chi connectivity index (χ0n) is 16.5. The second-order valence-electron chi connectivity index (χ2n) is 7.14. The van der Waals surface area contributed by atoms with Gasteiger partial charge in [-0.1, -0.05) is 0 Å². The number of nitrogens with zero attached hydrogens (tertiary/aromatic N) is 1. The molecule has 0 spiro atoms. The van der Waals surface area contributed by atoms with Gasteiger partial charge in [-0.25, -0.2) is 17.6 Å². The van der Waals surface area contributed by atoms with Crippen molar-refractivity contribution in [3.8, 4) is 0 Å². The fourth-order valence-corrected chi connectivity index (χ4v) is 3.64. The summed E-state index contributed by atoms with van der Waals surface area (Å²) in [5.74, 6) is -3.75. The number of aromatic nitrogens is 1. The summed E-state index contributed by atoms with van der Waals surface area (Å²) in [6, 6.07) is 1.54. The molecule has 2 heterocycles. The molecule has 11 heteroatoms. The summed E-state index contributed by atoms with van der Waals surface area (Å²) in [4.78, 5) is 37.8. The molecular weight excluding hydrogens is 420 g/mol. The molecule has 7 nitrogen and oxygen atoms in total. The number of rotatable bonds is 7. The van der Waals surface area contributed by atoms with E-state index in [1.165, 1.54) is 23.6 Å². The molecule has 1 aromatic heterocycles. The third-order valence-electron chi connectivity index (χ3n) is 5.10. The van der Waals surface area contributed by atoms with E-state index in [-0.39, 0.29) is 28.2 Å². The lowest BCUT2D eigenvalue weighted by molar-refractivity contribution is -0.119. The van der Waals surface area contributed by atoms with Gasteiger partial charge < -0.3 is 20.9 Å². The van der Waals surface area contributed by atoms with E-state index in [4.69, 9.17) is 5.73 Å². The number of ketones is 1. The highest BCUT2D eigenvalue weighted by molar-refractivity contribution is 6.43. The van der Waals surface area contributed by atoms with Crippen LogP contribution in [0.3, 0.4) is 0 Å². The van der Waals surface area contributed by atoms with Gasteiger partial charge in [0.25, 0.3) is 24.0 Å². The minimum atomic E-state index is -3.18. The molecule has 166 valence electrons. The number of carbonyl (C=O) groups excluding carboxylic acids is 3. The Kier molecular flexibility index (Phi) is 6.32. The highest BCUT2D eigenvalue weighted by Gasteiger charge is 2.34. The number of nitrogens with two attached hydrogens (primary N) is 1. The number of anilines is 2. The van der Waals surface area contributed by atoms with Crippen LogP contribution in [0.15, 0.2) is 18.2 Å². The summed E-state index contributed by atoms with van der Waals surface area (Å²) in [7, 11) is 0. The van der Waals surface area contributed by atoms with Crippen molar-refractivity contribution in [2.24, 2.45) is 0 Å². The summed E-state index contributed by atoms with van der Waals surface area (Å²) < 4.78 is 53.0. The molecule has 3 rings (SSSR count). The predicted octanol–water partition coefficient (Wildman–Crippen LogP) is 2.62. The Morgan fingerprint density at radius 3 is 2.58 bits per heavy atom. The van der Waals surface area contributed by atoms with Crippen LogP contribution in [0.25, 0.3) is 0 Å². The first kappa shape index (κ1) is 22.3. The number of hydrogen-bond donors (Lipinski definition) is 3. The van der Waals surface area contributed by atoms with E-state index in [0.717, 1.165) is 6.07 Å². The highest BCUT2D eigenvalue weighted by Crippen LogP contribution is 2.30. The fourth-order valence-electron chi connectivity index (χ4n) is 3.64. The average molecular weight is 440 g/mol. The Bertz CT molecular complexity index is 1050. The third kappa shape index (κ3) is 4.25. The molecule has 2 aromatic rings. The van der Waals surface area contributed by atoms with E-state index in [2.05, 4.69) is 5.32 Å². The van der Waals surface area contributed by atoms with E-state index in [1.54, 1.807) is 5.32 Å². The molecule has 31 heavy (non-hydrogen) atoms. The van der Waals surface area contributed by atoms with Crippen LogP contribution >= 0.6 is 0 Å². The van der Waals surface area contributed by atoms with Crippen molar-refractivity contribution in [1.82, 2.24) is 9.88 Å². The quantitative estimate of drug-likeness (QED) is 0.266. The monoisotopic (exact) mass is 440 g/mol. The molecule has 0 aliphatic carbocycles. The first-order valence-electron chi connectivity index (χ1n) is 9.43. The molecule has 0 radical (unpaired) electrons. The van der Waals surface area contributed by atoms with Gasteiger partial charge in [0.2, 0.25) is 0 Å². The maximum Gasteiger partial charge on any atom is 0.294 e. The molecule has 1 atom stereocenters. The number of halogens is 4. The number of Topliss-reactive ketones (excluding diaryl/α,β-unsaturated/α-hetero) is 1. The molecule has 1 aliphatic heterocycles. The summed E-state index contributed by atoms with van der Waals surface area (Å²) in [5, 5.41) is 4.27. The van der Waals surface area contributed by atoms with Crippen molar-refractivity contribution < 1.29 is 31.9 Å². The van der Waals surface area contributed by atoms with Crippen LogP contribution in [0, 0.1) is 12.7 Å². The number of nitrogen functional groups attached to an aromatic ring is 1. The van der Waals surface area contributed by atoms with E-state index in [9.17, 15) is 31.9 Å². The lowest BCUT2D eigenvalue weighted by Gasteiger charge is -2.14. The number of alkyl halides is 3. The first-order chi connectivity index (χ1) is 14.6. The number of hydrogen-bond acceptors (Lipinski definition) is 4. The number of amides is 2. The Labute approximate surface area is 174 Å². The zero-order valence-corrected chi connectivity index (χ0v) is 16.5. The Balaban J connectivity index is 1.91. The van der Waals surface area contributed by atoms with Gasteiger partial charge >= 0.3 is 0 Å². The summed E-state index contributed by atoms with van der Waals surface area (Å²) >= 11 is 0. The molecule has 1 aliphatic rings. The van der Waals surface area contributed by atoms with Gasteiger partial charge in [0.15, 0.2) is 0 Å². The Morgan fingerprint density at radius 1 is 1.26 bits per heavy atom. The standard InChI is InChI=1S/C20H20F4N4O3/c1-9-15(19(30)26-10-4-5-11(22)12(25)7-10)14-3-2-6-28(14)16(9)17(29)20(31)27-13(8-21)18(23)24/h4-5,7,13,18H,2-3,6,8,25H2,1H3,(H,26,30)(H,27,31). The average Bonchev–Trinajstić information content (AvgIpc) is 3.27. The lowest BCUT2D eigenvalue weighted by atomic mass is 10.0. The maximum atomic E-state index is 13.4. The van der Waals surface area contributed by atoms with Gasteiger partial charge in [-0.3, -0.25) is 14.4 Å². The van der Waals surface area contributed by atoms with Crippen molar-refractivity contribution in [2.75, 3.05) is 17.7 Å². The van der Waals surface area contributed by atoms with Crippen LogP contribution in [0.5, 0.6) is 0 Å². The predicted molar refractivity (Wildman–Crippen MR) is 104 cm³/mol. The normalized spacial score (nSPS) is 13.7. The van der Waals surface area contributed by atoms with Crippen molar-refractivity contribution in [1.29, 1.82) is 0 Å². The first-order valence-corrected chi connectivity index (χ1v) is 9.43. The minimum Gasteiger partial charge on any atom is -0.396 e. The van der Waals surface area contributed by atoms with Crippen LogP contribution in [-0.2, 0) is 17.8 Å². The second-order valence-corrected chi connectivity index (χ2v) is 7.14. The fraction of sp³-hybridized carbons (Fsp3) is 0.350. The molecule has 0 fully saturated rings. The van der Waals surface area contributed by atoms with Gasteiger partial charge in [-0.2, -0.15) is 0 Å². The van der Waals surface area contributed by atoms with Crippen molar-refractivity contribution in [3.63, 3.8) is 0 Å². The smallest absolute Gasteiger partial charge is 0.294 e. The van der Waals surface area contributed by atoms with Gasteiger partial charge in [0, 0.05) is 17.9 Å². The number of benzene rings is 1. The van der Waals surface area contributed by atoms with Crippen molar-refractivity contribution >= 4 is 29.0 Å². The number of nitrogens with one attached hydrogen (secondary N) is 2. The Morgan fingerprint density at radius 2 is 1.97 bits per heavy atom. The largest absolute Gasteiger partial charge is 0.396 e. The van der Waals surface area contributed by atoms with Gasteiger partial charge in [-0.15, -0.1) is 0 Å². The molecule has 1 unspecified atom stereocenters. The summed E-state index contributed by atoms with van der Waals surface area (Å²) in [5.41, 5.74) is 6.33. The zero-order chi connectivity index (χ0) is 22.9. The SMILES string of the molecule is Cc1c(C(=O)Nc2ccc(F)c(N)c2)c2n(c1C(=O)C(=O)NC(CF)C(F)F)CCC2. The van der Waals surface area contributed by atoms with Crippen molar-refractivity contribution in [3.05, 3.63) is 46.5 Å². The van der Waals surface area contributed by atoms with Gasteiger partial charge in [-0.05, 0) is 43.5 Å². The van der Waals surface area contributed by atoms with Crippen LogP contribution in [0.2, 0.25) is 0 Å². The molecule has 0 saturated heterocycles. The molecule has 1 aromatic carbocycles. The Hall–Kier alpha value is -3.37. The van der Waals surface area contributed by atoms with E-state index < -0.39 is 42.6 Å². The summed E-state index contributed by atoms with van der Waals surface area (Å²) in [6.07, 6.45) is -2.12. The van der Waals surface area contributed by atoms with Crippen LogP contribution in [0.1, 0.15) is 38.5 Å². The van der Waals surface area contributed by atoms with E-state index >= 15 is 0 Å². The number of fused-ring (bicyclic) bond motifs is 1. The van der Waals surface area contributed by atoms with E-state index in [1.807, 2.05) is 0 Å². The third-order valence-corrected chi connectivity index (χ3v) is 5.10. The molecule has 2 amide bonds. The van der Waals surface area contributed by atoms with Crippen molar-refractivity contribution in [2.45, 2.75) is 38.8 Å². The molecular formula is C20H20F4N4O3. The second kappa shape index (κ2) is 8.78. The minimum absolute atomic E-state index is 0.111. The van der Waals surface area contributed by atoms with E-state index in [0.29, 0.717) is 25.1 Å². The molecule has 0 saturated carbocycles. The topological polar surface area (TPSA) is 106 Å². The summed E-state index contributed by atoms with van der Waals surface area (Å²) in [6.45, 7) is 0.276. The van der Waals surface area contributed by atoms with Gasteiger partial charge in [0.1, 0.15) is 18.5 Å².